The molecule has 2 rings (SSSR count). The van der Waals surface area contributed by atoms with Gasteiger partial charge in [0.05, 0.1) is 13.0 Å². The molecule has 0 radical (unpaired) electrons. The SMILES string of the molecule is CC(C)CCOC(=O)CC1C(=O)NCCN1C(=S)NC(=O)CCc1ccccc1Cl. The first-order chi connectivity index (χ1) is 14.3. The Morgan fingerprint density at radius 2 is 2.10 bits per heavy atom. The summed E-state index contributed by atoms with van der Waals surface area (Å²) < 4.78 is 5.22. The van der Waals surface area contributed by atoms with E-state index in [1.165, 1.54) is 0 Å². The highest BCUT2D eigenvalue weighted by Gasteiger charge is 2.34. The summed E-state index contributed by atoms with van der Waals surface area (Å²) in [5.74, 6) is -0.629. The summed E-state index contributed by atoms with van der Waals surface area (Å²) in [7, 11) is 0. The van der Waals surface area contributed by atoms with Crippen molar-refractivity contribution < 1.29 is 19.1 Å². The molecule has 30 heavy (non-hydrogen) atoms. The molecular weight excluding hydrogens is 426 g/mol. The van der Waals surface area contributed by atoms with Crippen LogP contribution in [0.3, 0.4) is 0 Å². The summed E-state index contributed by atoms with van der Waals surface area (Å²) in [6, 6.07) is 6.53. The zero-order valence-electron chi connectivity index (χ0n) is 17.3. The number of ether oxygens (including phenoxy) is 1. The predicted octanol–water partition coefficient (Wildman–Crippen LogP) is 2.45. The third-order valence-corrected chi connectivity index (χ3v) is 5.44. The third kappa shape index (κ3) is 7.57. The fourth-order valence-electron chi connectivity index (χ4n) is 2.99. The number of amides is 2. The molecule has 1 aromatic carbocycles. The van der Waals surface area contributed by atoms with Crippen molar-refractivity contribution in [3.63, 3.8) is 0 Å². The first-order valence-corrected chi connectivity index (χ1v) is 10.8. The second kappa shape index (κ2) is 11.9. The summed E-state index contributed by atoms with van der Waals surface area (Å²) in [5, 5.41) is 6.13. The van der Waals surface area contributed by atoms with Crippen molar-refractivity contribution in [2.45, 2.75) is 45.6 Å². The quantitative estimate of drug-likeness (QED) is 0.464. The Balaban J connectivity index is 1.89. The number of piperazine rings is 1. The molecule has 1 unspecified atom stereocenters. The van der Waals surface area contributed by atoms with Crippen molar-refractivity contribution in [3.8, 4) is 0 Å². The smallest absolute Gasteiger partial charge is 0.308 e. The monoisotopic (exact) mass is 453 g/mol. The zero-order chi connectivity index (χ0) is 22.1. The van der Waals surface area contributed by atoms with Crippen LogP contribution in [0.5, 0.6) is 0 Å². The Kier molecular flexibility index (Phi) is 9.52. The van der Waals surface area contributed by atoms with Gasteiger partial charge in [0, 0.05) is 24.5 Å². The van der Waals surface area contributed by atoms with E-state index < -0.39 is 12.0 Å². The normalized spacial score (nSPS) is 16.2. The van der Waals surface area contributed by atoms with Crippen LogP contribution in [0.2, 0.25) is 5.02 Å². The minimum Gasteiger partial charge on any atom is -0.466 e. The molecule has 0 spiro atoms. The van der Waals surface area contributed by atoms with Crippen LogP contribution in [0.1, 0.15) is 38.7 Å². The lowest BCUT2D eigenvalue weighted by atomic mass is 10.1. The summed E-state index contributed by atoms with van der Waals surface area (Å²) in [5.41, 5.74) is 0.875. The minimum absolute atomic E-state index is 0.125. The number of carbonyl (C=O) groups excluding carboxylic acids is 3. The molecule has 1 aliphatic rings. The highest BCUT2D eigenvalue weighted by molar-refractivity contribution is 7.80. The Morgan fingerprint density at radius 3 is 2.80 bits per heavy atom. The topological polar surface area (TPSA) is 87.7 Å². The molecule has 164 valence electrons. The van der Waals surface area contributed by atoms with Gasteiger partial charge in [-0.15, -0.1) is 0 Å². The van der Waals surface area contributed by atoms with Gasteiger partial charge in [-0.05, 0) is 42.6 Å². The molecule has 1 aromatic rings. The molecule has 7 nitrogen and oxygen atoms in total. The van der Waals surface area contributed by atoms with Crippen LogP contribution in [-0.4, -0.2) is 53.5 Å². The fraction of sp³-hybridized carbons (Fsp3) is 0.524. The van der Waals surface area contributed by atoms with E-state index in [4.69, 9.17) is 28.6 Å². The van der Waals surface area contributed by atoms with Crippen molar-refractivity contribution in [1.29, 1.82) is 0 Å². The molecule has 9 heteroatoms. The molecule has 1 aliphatic heterocycles. The van der Waals surface area contributed by atoms with Crippen LogP contribution >= 0.6 is 23.8 Å². The lowest BCUT2D eigenvalue weighted by molar-refractivity contribution is -0.147. The number of nitrogens with one attached hydrogen (secondary N) is 2. The van der Waals surface area contributed by atoms with Gasteiger partial charge in [-0.1, -0.05) is 43.6 Å². The molecule has 1 fully saturated rings. The number of hydrogen-bond acceptors (Lipinski definition) is 5. The van der Waals surface area contributed by atoms with Crippen LogP contribution in [0.15, 0.2) is 24.3 Å². The zero-order valence-corrected chi connectivity index (χ0v) is 18.9. The number of aryl methyl sites for hydroxylation is 1. The molecule has 1 heterocycles. The van der Waals surface area contributed by atoms with Crippen LogP contribution in [0.25, 0.3) is 0 Å². The van der Waals surface area contributed by atoms with Gasteiger partial charge >= 0.3 is 5.97 Å². The summed E-state index contributed by atoms with van der Waals surface area (Å²) in [4.78, 5) is 38.4. The van der Waals surface area contributed by atoms with Crippen molar-refractivity contribution in [2.75, 3.05) is 19.7 Å². The van der Waals surface area contributed by atoms with Gasteiger partial charge in [-0.25, -0.2) is 0 Å². The van der Waals surface area contributed by atoms with E-state index in [0.29, 0.717) is 37.1 Å². The van der Waals surface area contributed by atoms with Crippen molar-refractivity contribution in [2.24, 2.45) is 5.92 Å². The Hall–Kier alpha value is -2.19. The van der Waals surface area contributed by atoms with Crippen molar-refractivity contribution in [3.05, 3.63) is 34.9 Å². The van der Waals surface area contributed by atoms with E-state index >= 15 is 0 Å². The standard InChI is InChI=1S/C21H28ClN3O4S/c1-14(2)9-12-29-19(27)13-17-20(28)23-10-11-25(17)21(30)24-18(26)8-7-15-5-3-4-6-16(15)22/h3-6,14,17H,7-13H2,1-2H3,(H,23,28)(H,24,26,30). The van der Waals surface area contributed by atoms with Crippen LogP contribution in [-0.2, 0) is 25.5 Å². The Bertz CT molecular complexity index is 787. The number of halogens is 1. The number of nitrogens with zero attached hydrogens (tertiary/aromatic N) is 1. The molecule has 0 saturated carbocycles. The number of thiocarbonyl (C=S) groups is 1. The maximum Gasteiger partial charge on any atom is 0.308 e. The second-order valence-electron chi connectivity index (χ2n) is 7.55. The first kappa shape index (κ1) is 24.1. The predicted molar refractivity (Wildman–Crippen MR) is 119 cm³/mol. The largest absolute Gasteiger partial charge is 0.466 e. The average molecular weight is 454 g/mol. The lowest BCUT2D eigenvalue weighted by Gasteiger charge is -2.36. The van der Waals surface area contributed by atoms with E-state index in [-0.39, 0.29) is 29.8 Å². The molecular formula is C21H28ClN3O4S. The number of hydrogen-bond donors (Lipinski definition) is 2. The molecule has 0 aliphatic carbocycles. The van der Waals surface area contributed by atoms with E-state index in [2.05, 4.69) is 10.6 Å². The molecule has 1 saturated heterocycles. The average Bonchev–Trinajstić information content (AvgIpc) is 2.68. The minimum atomic E-state index is -0.804. The summed E-state index contributed by atoms with van der Waals surface area (Å²) in [6.45, 7) is 5.18. The maximum atomic E-state index is 12.3. The van der Waals surface area contributed by atoms with E-state index in [1.54, 1.807) is 11.0 Å². The van der Waals surface area contributed by atoms with Gasteiger partial charge < -0.3 is 20.3 Å². The van der Waals surface area contributed by atoms with Crippen LogP contribution in [0, 0.1) is 5.92 Å². The number of carbonyl (C=O) groups is 3. The van der Waals surface area contributed by atoms with Gasteiger partial charge in [0.15, 0.2) is 5.11 Å². The molecule has 0 bridgehead atoms. The van der Waals surface area contributed by atoms with Gasteiger partial charge in [-0.2, -0.15) is 0 Å². The van der Waals surface area contributed by atoms with E-state index in [1.807, 2.05) is 32.0 Å². The fourth-order valence-corrected chi connectivity index (χ4v) is 3.55. The van der Waals surface area contributed by atoms with Crippen molar-refractivity contribution in [1.82, 2.24) is 15.5 Å². The van der Waals surface area contributed by atoms with Crippen LogP contribution in [0.4, 0.5) is 0 Å². The first-order valence-electron chi connectivity index (χ1n) is 10.0. The number of rotatable bonds is 8. The van der Waals surface area contributed by atoms with Gasteiger partial charge in [0.25, 0.3) is 0 Å². The molecule has 1 atom stereocenters. The van der Waals surface area contributed by atoms with Crippen LogP contribution < -0.4 is 10.6 Å². The highest BCUT2D eigenvalue weighted by Crippen LogP contribution is 2.16. The Labute approximate surface area is 187 Å². The lowest BCUT2D eigenvalue weighted by Crippen LogP contribution is -2.60. The van der Waals surface area contributed by atoms with Gasteiger partial charge in [-0.3, -0.25) is 14.4 Å². The van der Waals surface area contributed by atoms with Gasteiger partial charge in [0.2, 0.25) is 11.8 Å². The summed E-state index contributed by atoms with van der Waals surface area (Å²) >= 11 is 11.5. The summed E-state index contributed by atoms with van der Waals surface area (Å²) in [6.07, 6.45) is 1.30. The Morgan fingerprint density at radius 1 is 1.37 bits per heavy atom. The van der Waals surface area contributed by atoms with E-state index in [0.717, 1.165) is 12.0 Å². The molecule has 2 amide bonds. The van der Waals surface area contributed by atoms with Crippen molar-refractivity contribution >= 4 is 46.7 Å². The molecule has 0 aromatic heterocycles. The third-order valence-electron chi connectivity index (χ3n) is 4.74. The highest BCUT2D eigenvalue weighted by atomic mass is 35.5. The molecule has 2 N–H and O–H groups in total. The second-order valence-corrected chi connectivity index (χ2v) is 8.35. The number of esters is 1. The number of benzene rings is 1. The maximum absolute atomic E-state index is 12.3. The van der Waals surface area contributed by atoms with E-state index in [9.17, 15) is 14.4 Å². The van der Waals surface area contributed by atoms with Gasteiger partial charge in [0.1, 0.15) is 6.04 Å².